The van der Waals surface area contributed by atoms with Crippen LogP contribution in [0.15, 0.2) is 66.9 Å². The third kappa shape index (κ3) is 7.49. The molecule has 208 valence electrons. The monoisotopic (exact) mass is 545 g/mol. The van der Waals surface area contributed by atoms with Crippen molar-refractivity contribution < 1.29 is 42.1 Å². The van der Waals surface area contributed by atoms with Gasteiger partial charge in [-0.05, 0) is 42.7 Å². The molecular weight excluding hydrogens is 515 g/mol. The molecule has 3 rings (SSSR count). The molecule has 1 aromatic heterocycles. The highest BCUT2D eigenvalue weighted by Crippen LogP contribution is 2.34. The maximum absolute atomic E-state index is 13.3. The number of hydrogen-bond acceptors (Lipinski definition) is 7. The van der Waals surface area contributed by atoms with Gasteiger partial charge in [0.25, 0.3) is 0 Å². The third-order valence-corrected chi connectivity index (χ3v) is 6.19. The lowest BCUT2D eigenvalue weighted by atomic mass is 9.89. The summed E-state index contributed by atoms with van der Waals surface area (Å²) in [5, 5.41) is 10.3. The summed E-state index contributed by atoms with van der Waals surface area (Å²) in [5.74, 6) is -2.56. The Labute approximate surface area is 224 Å². The number of Topliss-reactive ketones (excluding diaryl/α,β-unsaturated/α-hetero) is 1. The van der Waals surface area contributed by atoms with Crippen molar-refractivity contribution in [1.29, 1.82) is 0 Å². The summed E-state index contributed by atoms with van der Waals surface area (Å²) in [4.78, 5) is 30.1. The van der Waals surface area contributed by atoms with Crippen LogP contribution in [0.5, 0.6) is 17.2 Å². The van der Waals surface area contributed by atoms with Crippen LogP contribution in [-0.4, -0.2) is 35.1 Å². The van der Waals surface area contributed by atoms with Gasteiger partial charge in [0.15, 0.2) is 29.1 Å². The van der Waals surface area contributed by atoms with Crippen LogP contribution in [0.3, 0.4) is 0 Å². The fraction of sp³-hybridized carbons (Fsp3) is 0.345. The molecule has 0 aliphatic carbocycles. The normalized spacial score (nSPS) is 13.8. The number of carbonyl (C=O) groups is 2. The number of methoxy groups -OCH3 is 1. The molecule has 0 spiro atoms. The quantitative estimate of drug-likeness (QED) is 0.220. The Morgan fingerprint density at radius 2 is 1.62 bits per heavy atom. The van der Waals surface area contributed by atoms with E-state index < -0.39 is 47.4 Å². The maximum Gasteiger partial charge on any atom is 0.416 e. The van der Waals surface area contributed by atoms with Gasteiger partial charge in [0.2, 0.25) is 0 Å². The summed E-state index contributed by atoms with van der Waals surface area (Å²) in [6.45, 7) is 5.13. The molecule has 0 radical (unpaired) electrons. The number of nitrogens with zero attached hydrogens (tertiary/aromatic N) is 1. The van der Waals surface area contributed by atoms with Crippen LogP contribution in [0.4, 0.5) is 13.2 Å². The van der Waals surface area contributed by atoms with E-state index in [1.54, 1.807) is 51.1 Å². The lowest BCUT2D eigenvalue weighted by Gasteiger charge is -2.28. The molecule has 0 aliphatic rings. The molecule has 3 atom stereocenters. The van der Waals surface area contributed by atoms with Gasteiger partial charge in [-0.3, -0.25) is 9.59 Å². The Hall–Kier alpha value is -4.08. The van der Waals surface area contributed by atoms with Crippen LogP contribution in [0, 0.1) is 11.8 Å². The lowest BCUT2D eigenvalue weighted by molar-refractivity contribution is -0.159. The minimum absolute atomic E-state index is 0.0803. The average molecular weight is 546 g/mol. The number of aromatic hydroxyl groups is 1. The number of esters is 1. The fourth-order valence-corrected chi connectivity index (χ4v) is 3.97. The first-order valence-electron chi connectivity index (χ1n) is 12.3. The smallest absolute Gasteiger partial charge is 0.416 e. The number of ketones is 1. The second-order valence-electron chi connectivity index (χ2n) is 9.30. The first kappa shape index (κ1) is 29.5. The van der Waals surface area contributed by atoms with Crippen molar-refractivity contribution in [3.63, 3.8) is 0 Å². The molecule has 0 aliphatic heterocycles. The van der Waals surface area contributed by atoms with Gasteiger partial charge in [0.1, 0.15) is 11.9 Å². The zero-order valence-electron chi connectivity index (χ0n) is 21.9. The van der Waals surface area contributed by atoms with Crippen molar-refractivity contribution in [3.8, 4) is 17.2 Å². The molecule has 3 aromatic rings. The summed E-state index contributed by atoms with van der Waals surface area (Å²) in [5.41, 5.74) is -0.388. The van der Waals surface area contributed by atoms with Gasteiger partial charge in [0, 0.05) is 18.7 Å². The second-order valence-corrected chi connectivity index (χ2v) is 9.30. The number of halogens is 3. The molecule has 10 heteroatoms. The predicted molar refractivity (Wildman–Crippen MR) is 137 cm³/mol. The van der Waals surface area contributed by atoms with Gasteiger partial charge < -0.3 is 19.3 Å². The van der Waals surface area contributed by atoms with Crippen LogP contribution in [0.1, 0.15) is 54.9 Å². The highest BCUT2D eigenvalue weighted by atomic mass is 19.4. The van der Waals surface area contributed by atoms with Crippen LogP contribution < -0.4 is 9.47 Å². The van der Waals surface area contributed by atoms with Crippen molar-refractivity contribution in [2.75, 3.05) is 7.11 Å². The molecule has 1 N–H and O–H groups in total. The molecule has 0 amide bonds. The molecule has 1 heterocycles. The Kier molecular flexibility index (Phi) is 9.56. The van der Waals surface area contributed by atoms with Crippen LogP contribution >= 0.6 is 0 Å². The number of carbonyl (C=O) groups excluding carboxylic acids is 2. The van der Waals surface area contributed by atoms with Crippen molar-refractivity contribution in [1.82, 2.24) is 4.98 Å². The van der Waals surface area contributed by atoms with Gasteiger partial charge >= 0.3 is 12.1 Å². The molecular formula is C29H30F3NO6. The zero-order valence-corrected chi connectivity index (χ0v) is 21.9. The van der Waals surface area contributed by atoms with Crippen LogP contribution in [0.2, 0.25) is 0 Å². The topological polar surface area (TPSA) is 95.0 Å². The minimum atomic E-state index is -4.49. The number of ether oxygens (including phenoxy) is 3. The largest absolute Gasteiger partial charge is 0.503 e. The Balaban J connectivity index is 1.79. The zero-order chi connectivity index (χ0) is 28.7. The lowest BCUT2D eigenvalue weighted by Crippen LogP contribution is -2.32. The fourth-order valence-electron chi connectivity index (χ4n) is 3.97. The van der Waals surface area contributed by atoms with Gasteiger partial charge in [-0.15, -0.1) is 0 Å². The maximum atomic E-state index is 13.3. The number of hydrogen-bond donors (Lipinski definition) is 1. The molecule has 0 unspecified atom stereocenters. The van der Waals surface area contributed by atoms with Crippen molar-refractivity contribution in [3.05, 3.63) is 83.7 Å². The Morgan fingerprint density at radius 3 is 2.18 bits per heavy atom. The van der Waals surface area contributed by atoms with Gasteiger partial charge in [-0.1, -0.05) is 44.2 Å². The molecule has 0 bridgehead atoms. The van der Waals surface area contributed by atoms with Gasteiger partial charge in [-0.25, -0.2) is 4.98 Å². The molecule has 0 saturated carbocycles. The van der Waals surface area contributed by atoms with Gasteiger partial charge in [0.05, 0.1) is 18.6 Å². The predicted octanol–water partition coefficient (Wildman–Crippen LogP) is 6.41. The van der Waals surface area contributed by atoms with E-state index in [0.29, 0.717) is 5.56 Å². The summed E-state index contributed by atoms with van der Waals surface area (Å²) in [7, 11) is 1.34. The van der Waals surface area contributed by atoms with Crippen LogP contribution in [0.25, 0.3) is 0 Å². The summed E-state index contributed by atoms with van der Waals surface area (Å²) >= 11 is 0. The van der Waals surface area contributed by atoms with Crippen LogP contribution in [-0.2, 0) is 15.7 Å². The summed E-state index contributed by atoms with van der Waals surface area (Å²) < 4.78 is 55.7. The summed E-state index contributed by atoms with van der Waals surface area (Å²) in [6, 6.07) is 14.5. The third-order valence-electron chi connectivity index (χ3n) is 6.19. The first-order chi connectivity index (χ1) is 18.4. The Bertz CT molecular complexity index is 1260. The molecule has 39 heavy (non-hydrogen) atoms. The number of benzene rings is 2. The van der Waals surface area contributed by atoms with Crippen molar-refractivity contribution in [2.45, 2.75) is 45.6 Å². The average Bonchev–Trinajstić information content (AvgIpc) is 2.90. The van der Waals surface area contributed by atoms with E-state index >= 15 is 0 Å². The molecule has 0 saturated heterocycles. The first-order valence-corrected chi connectivity index (χ1v) is 12.3. The second kappa shape index (κ2) is 12.6. The number of aromatic nitrogens is 1. The Morgan fingerprint density at radius 1 is 0.974 bits per heavy atom. The van der Waals surface area contributed by atoms with Gasteiger partial charge in [-0.2, -0.15) is 13.2 Å². The SMILES string of the molecule is COc1ccnc(C(=O)C[C@H](C(=O)O[C@@H](C)[C@H](Oc2ccc(C(F)(F)F)cc2)c2ccccc2)C(C)C)c1O. The van der Waals surface area contributed by atoms with Crippen molar-refractivity contribution in [2.24, 2.45) is 11.8 Å². The van der Waals surface area contributed by atoms with E-state index in [9.17, 15) is 27.9 Å². The van der Waals surface area contributed by atoms with E-state index in [1.165, 1.54) is 31.5 Å². The molecule has 0 fully saturated rings. The van der Waals surface area contributed by atoms with E-state index in [0.717, 1.165) is 12.1 Å². The van der Waals surface area contributed by atoms with E-state index in [2.05, 4.69) is 4.98 Å². The standard InChI is InChI=1S/C29H30F3NO6/c1-17(2)22(16-23(34)25-26(35)24(37-4)14-15-33-25)28(36)38-18(3)27(19-8-6-5-7-9-19)39-21-12-10-20(11-13-21)29(30,31)32/h5-15,17-18,22,27,35H,16H2,1-4H3/t18-,22-,27-/m0/s1. The molecule has 2 aromatic carbocycles. The van der Waals surface area contributed by atoms with E-state index in [-0.39, 0.29) is 29.5 Å². The van der Waals surface area contributed by atoms with E-state index in [1.807, 2.05) is 0 Å². The molecule has 7 nitrogen and oxygen atoms in total. The summed E-state index contributed by atoms with van der Waals surface area (Å²) in [6.07, 6.45) is -5.16. The number of alkyl halides is 3. The highest BCUT2D eigenvalue weighted by Gasteiger charge is 2.33. The minimum Gasteiger partial charge on any atom is -0.503 e. The highest BCUT2D eigenvalue weighted by molar-refractivity contribution is 5.99. The van der Waals surface area contributed by atoms with Crippen molar-refractivity contribution >= 4 is 11.8 Å². The number of rotatable bonds is 11. The van der Waals surface area contributed by atoms with E-state index in [4.69, 9.17) is 14.2 Å². The number of pyridine rings is 1.